The second-order valence-corrected chi connectivity index (χ2v) is 10.1. The lowest BCUT2D eigenvalue weighted by Crippen LogP contribution is -2.40. The molecule has 0 aromatic carbocycles. The number of aromatic nitrogens is 4. The van der Waals surface area contributed by atoms with Crippen LogP contribution in [-0.4, -0.2) is 77.3 Å². The van der Waals surface area contributed by atoms with Crippen LogP contribution in [0.1, 0.15) is 6.23 Å². The van der Waals surface area contributed by atoms with Crippen LogP contribution in [0.25, 0.3) is 11.2 Å². The number of anilines is 2. The molecule has 3 heterocycles. The zero-order valence-corrected chi connectivity index (χ0v) is 18.4. The van der Waals surface area contributed by atoms with Gasteiger partial charge in [0, 0.05) is 14.1 Å². The summed E-state index contributed by atoms with van der Waals surface area (Å²) < 4.78 is 51.6. The predicted molar refractivity (Wildman–Crippen MR) is 103 cm³/mol. The van der Waals surface area contributed by atoms with Crippen LogP contribution in [0.15, 0.2) is 6.33 Å². The molecule has 1 aliphatic rings. The number of phosphoric acid groups is 2. The lowest BCUT2D eigenvalue weighted by molar-refractivity contribution is -0.0723. The zero-order valence-electron chi connectivity index (χ0n) is 15.8. The molecule has 2 aromatic rings. The Morgan fingerprint density at radius 3 is 2.61 bits per heavy atom. The number of rotatable bonds is 7. The first kappa shape index (κ1) is 24.2. The Labute approximate surface area is 178 Å². The third-order valence-corrected chi connectivity index (χ3v) is 6.64. The number of fused-ring (bicyclic) bond motifs is 1. The summed E-state index contributed by atoms with van der Waals surface area (Å²) in [6, 6.07) is 0. The predicted octanol–water partition coefficient (Wildman–Crippen LogP) is -0.136. The zero-order chi connectivity index (χ0) is 23.4. The van der Waals surface area contributed by atoms with Gasteiger partial charge in [0.05, 0.1) is 6.33 Å². The molecular weight excluding hydrogens is 489 g/mol. The molecule has 174 valence electrons. The van der Waals surface area contributed by atoms with Crippen molar-refractivity contribution in [1.82, 2.24) is 19.5 Å². The van der Waals surface area contributed by atoms with Crippen LogP contribution in [0, 0.1) is 0 Å². The molecule has 15 nitrogen and oxygen atoms in total. The topological polar surface area (TPSA) is 216 Å². The van der Waals surface area contributed by atoms with Gasteiger partial charge >= 0.3 is 15.6 Å². The second kappa shape index (κ2) is 8.15. The summed E-state index contributed by atoms with van der Waals surface area (Å²) in [5.41, 5.74) is 5.98. The molecule has 19 heteroatoms. The maximum atomic E-state index is 14.9. The first-order valence-electron chi connectivity index (χ1n) is 8.24. The van der Waals surface area contributed by atoms with Gasteiger partial charge in [-0.2, -0.15) is 14.3 Å². The molecule has 5 atom stereocenters. The minimum atomic E-state index is -5.40. The number of hydrogen-bond acceptors (Lipinski definition) is 11. The second-order valence-electron chi connectivity index (χ2n) is 6.62. The van der Waals surface area contributed by atoms with Crippen molar-refractivity contribution >= 4 is 50.2 Å². The van der Waals surface area contributed by atoms with E-state index in [1.165, 1.54) is 0 Å². The van der Waals surface area contributed by atoms with Crippen molar-refractivity contribution in [3.05, 3.63) is 6.33 Å². The number of nitrogens with zero attached hydrogens (tertiary/aromatic N) is 5. The van der Waals surface area contributed by atoms with Crippen molar-refractivity contribution in [2.75, 3.05) is 31.3 Å². The highest BCUT2D eigenvalue weighted by Gasteiger charge is 2.57. The number of nitrogens with two attached hydrogens (primary N) is 1. The van der Waals surface area contributed by atoms with E-state index in [0.717, 1.165) is 10.9 Å². The van der Waals surface area contributed by atoms with Gasteiger partial charge in [-0.15, -0.1) is 0 Å². The van der Waals surface area contributed by atoms with E-state index in [4.69, 9.17) is 31.9 Å². The number of alkyl halides is 2. The third-order valence-electron chi connectivity index (χ3n) is 4.08. The van der Waals surface area contributed by atoms with Gasteiger partial charge in [-0.25, -0.2) is 18.5 Å². The average Bonchev–Trinajstić information content (AvgIpc) is 3.12. The molecule has 31 heavy (non-hydrogen) atoms. The normalized spacial score (nSPS) is 28.7. The Hall–Kier alpha value is -1.45. The molecule has 0 saturated carbocycles. The van der Waals surface area contributed by atoms with E-state index in [1.807, 2.05) is 0 Å². The van der Waals surface area contributed by atoms with Crippen LogP contribution in [-0.2, 0) is 22.7 Å². The highest BCUT2D eigenvalue weighted by atomic mass is 35.5. The van der Waals surface area contributed by atoms with Crippen molar-refractivity contribution in [3.8, 4) is 0 Å². The molecule has 2 aromatic heterocycles. The number of aliphatic hydroxyl groups is 1. The van der Waals surface area contributed by atoms with E-state index in [0.29, 0.717) is 5.82 Å². The van der Waals surface area contributed by atoms with Crippen molar-refractivity contribution < 1.29 is 46.9 Å². The summed E-state index contributed by atoms with van der Waals surface area (Å²) in [4.78, 5) is 40.3. The number of phosphoric ester groups is 1. The molecule has 0 aliphatic carbocycles. The van der Waals surface area contributed by atoms with Gasteiger partial charge in [0.1, 0.15) is 12.7 Å². The maximum Gasteiger partial charge on any atom is 0.481 e. The molecule has 0 spiro atoms. The van der Waals surface area contributed by atoms with Crippen LogP contribution in [0.5, 0.6) is 0 Å². The Morgan fingerprint density at radius 2 is 2.03 bits per heavy atom. The number of halogens is 2. The minimum Gasteiger partial charge on any atom is -0.385 e. The van der Waals surface area contributed by atoms with E-state index in [1.54, 1.807) is 19.0 Å². The van der Waals surface area contributed by atoms with Crippen molar-refractivity contribution in [1.29, 1.82) is 0 Å². The first-order chi connectivity index (χ1) is 14.1. The van der Waals surface area contributed by atoms with Gasteiger partial charge in [0.25, 0.3) is 0 Å². The molecule has 1 aliphatic heterocycles. The lowest BCUT2D eigenvalue weighted by Gasteiger charge is -2.25. The quantitative estimate of drug-likeness (QED) is 0.244. The third kappa shape index (κ3) is 4.98. The fourth-order valence-corrected chi connectivity index (χ4v) is 4.76. The summed E-state index contributed by atoms with van der Waals surface area (Å²) in [5, 5.41) is 7.78. The largest absolute Gasteiger partial charge is 0.481 e. The van der Waals surface area contributed by atoms with E-state index < -0.39 is 45.8 Å². The standard InChI is InChI=1S/C12H18ClFN6O9P2/c1-19(2)8-6-9(18-11(15)17-8)20(4-16-6)10-5(14)7(21)12(13,28-10)3-27-31(25,26)29-30(22,23)24/h4-5,7,10,21H,3H2,1-2H3,(H,25,26)(H2,15,17,18)(H2,22,23,24)/t5-,7+,10-,12-/m1/s1. The van der Waals surface area contributed by atoms with E-state index >= 15 is 0 Å². The van der Waals surface area contributed by atoms with Crippen LogP contribution in [0.4, 0.5) is 16.2 Å². The Kier molecular flexibility index (Phi) is 6.37. The number of hydrogen-bond donors (Lipinski definition) is 5. The summed E-state index contributed by atoms with van der Waals surface area (Å²) in [7, 11) is -7.38. The Balaban J connectivity index is 1.89. The smallest absolute Gasteiger partial charge is 0.385 e. The van der Waals surface area contributed by atoms with Crippen molar-refractivity contribution in [3.63, 3.8) is 0 Å². The number of imidazole rings is 1. The Morgan fingerprint density at radius 1 is 1.39 bits per heavy atom. The molecule has 1 fully saturated rings. The van der Waals surface area contributed by atoms with Gasteiger partial charge in [-0.1, -0.05) is 11.6 Å². The molecule has 1 saturated heterocycles. The molecule has 0 radical (unpaired) electrons. The highest BCUT2D eigenvalue weighted by Crippen LogP contribution is 2.58. The van der Waals surface area contributed by atoms with Gasteiger partial charge in [-0.3, -0.25) is 9.09 Å². The molecule has 6 N–H and O–H groups in total. The molecule has 3 rings (SSSR count). The van der Waals surface area contributed by atoms with Crippen molar-refractivity contribution in [2.45, 2.75) is 23.6 Å². The average molecular weight is 507 g/mol. The highest BCUT2D eigenvalue weighted by molar-refractivity contribution is 7.60. The maximum absolute atomic E-state index is 14.9. The molecule has 1 unspecified atom stereocenters. The fourth-order valence-electron chi connectivity index (χ4n) is 2.80. The van der Waals surface area contributed by atoms with E-state index in [9.17, 15) is 23.5 Å². The van der Waals surface area contributed by atoms with Gasteiger partial charge in [0.2, 0.25) is 5.95 Å². The van der Waals surface area contributed by atoms with Crippen molar-refractivity contribution in [2.24, 2.45) is 0 Å². The van der Waals surface area contributed by atoms with E-state index in [-0.39, 0.29) is 17.1 Å². The number of ether oxygens (including phenoxy) is 1. The van der Waals surface area contributed by atoms with Crippen LogP contribution >= 0.6 is 27.2 Å². The molecule has 0 amide bonds. The molecule has 0 bridgehead atoms. The van der Waals surface area contributed by atoms with Crippen LogP contribution in [0.3, 0.4) is 0 Å². The van der Waals surface area contributed by atoms with Crippen LogP contribution < -0.4 is 10.6 Å². The summed E-state index contributed by atoms with van der Waals surface area (Å²) in [6.45, 7) is -1.17. The van der Waals surface area contributed by atoms with Gasteiger partial charge in [-0.05, 0) is 0 Å². The Bertz CT molecular complexity index is 1080. The van der Waals surface area contributed by atoms with Gasteiger partial charge < -0.3 is 35.2 Å². The summed E-state index contributed by atoms with van der Waals surface area (Å²) >= 11 is 6.05. The van der Waals surface area contributed by atoms with Crippen LogP contribution in [0.2, 0.25) is 0 Å². The summed E-state index contributed by atoms with van der Waals surface area (Å²) in [5.74, 6) is 0.176. The SMILES string of the molecule is CN(C)c1nc(N)nc2c1ncn2[C@@H]1O[C@](Cl)(COP(=O)(O)OP(=O)(O)O)[C@@H](O)[C@H]1F. The van der Waals surface area contributed by atoms with Gasteiger partial charge in [0.15, 0.2) is 34.4 Å². The molecular formula is C12H18ClFN6O9P2. The lowest BCUT2D eigenvalue weighted by atomic mass is 10.1. The number of aliphatic hydroxyl groups excluding tert-OH is 1. The minimum absolute atomic E-state index is 0.0514. The summed E-state index contributed by atoms with van der Waals surface area (Å²) in [6.07, 6.45) is -4.77. The van der Waals surface area contributed by atoms with E-state index in [2.05, 4.69) is 23.8 Å². The fraction of sp³-hybridized carbons (Fsp3) is 0.583. The number of nitrogen functional groups attached to an aromatic ring is 1. The first-order valence-corrected chi connectivity index (χ1v) is 11.6. The monoisotopic (exact) mass is 506 g/mol.